The molecule has 0 aliphatic carbocycles. The van der Waals surface area contributed by atoms with Gasteiger partial charge in [0.25, 0.3) is 0 Å². The smallest absolute Gasteiger partial charge is 0.320 e. The molecule has 1 aliphatic rings. The summed E-state index contributed by atoms with van der Waals surface area (Å²) in [6.45, 7) is 7.71. The van der Waals surface area contributed by atoms with Crippen molar-refractivity contribution in [3.05, 3.63) is 0 Å². The molecule has 1 fully saturated rings. The van der Waals surface area contributed by atoms with E-state index in [1.165, 1.54) is 0 Å². The molecule has 6 heteroatoms. The summed E-state index contributed by atoms with van der Waals surface area (Å²) < 4.78 is 0. The molecule has 1 heterocycles. The molecule has 1 amide bonds. The Morgan fingerprint density at radius 2 is 1.83 bits per heavy atom. The average Bonchev–Trinajstić information content (AvgIpc) is 2.37. The van der Waals surface area contributed by atoms with Crippen molar-refractivity contribution in [2.45, 2.75) is 19.9 Å². The number of rotatable bonds is 5. The number of carboxylic acids is 1. The fraction of sp³-hybridized carbons (Fsp3) is 0.833. The Bertz CT molecular complexity index is 301. The van der Waals surface area contributed by atoms with E-state index >= 15 is 0 Å². The minimum absolute atomic E-state index is 0.122. The van der Waals surface area contributed by atoms with Gasteiger partial charge in [-0.3, -0.25) is 19.4 Å². The lowest BCUT2D eigenvalue weighted by Crippen LogP contribution is -2.53. The first kappa shape index (κ1) is 14.9. The summed E-state index contributed by atoms with van der Waals surface area (Å²) in [6, 6.07) is -0.443. The lowest BCUT2D eigenvalue weighted by molar-refractivity contribution is -0.143. The number of likely N-dealkylation sites (N-methyl/N-ethyl adjacent to an activating group) is 1. The number of aliphatic carboxylic acids is 1. The van der Waals surface area contributed by atoms with Gasteiger partial charge < -0.3 is 10.0 Å². The Morgan fingerprint density at radius 1 is 1.28 bits per heavy atom. The van der Waals surface area contributed by atoms with E-state index in [1.807, 2.05) is 11.8 Å². The van der Waals surface area contributed by atoms with Gasteiger partial charge >= 0.3 is 5.97 Å². The molecule has 0 aromatic rings. The van der Waals surface area contributed by atoms with Crippen molar-refractivity contribution in [1.82, 2.24) is 14.7 Å². The van der Waals surface area contributed by atoms with Gasteiger partial charge in [-0.2, -0.15) is 0 Å². The van der Waals surface area contributed by atoms with Crippen LogP contribution in [0.5, 0.6) is 0 Å². The van der Waals surface area contributed by atoms with Crippen molar-refractivity contribution in [2.24, 2.45) is 0 Å². The monoisotopic (exact) mass is 257 g/mol. The van der Waals surface area contributed by atoms with Gasteiger partial charge in [0.15, 0.2) is 0 Å². The minimum atomic E-state index is -0.787. The van der Waals surface area contributed by atoms with Crippen molar-refractivity contribution >= 4 is 11.9 Å². The van der Waals surface area contributed by atoms with Crippen LogP contribution in [0.1, 0.15) is 13.8 Å². The summed E-state index contributed by atoms with van der Waals surface area (Å²) in [6.07, 6.45) is 0. The summed E-state index contributed by atoms with van der Waals surface area (Å²) >= 11 is 0. The molecule has 1 saturated heterocycles. The zero-order valence-electron chi connectivity index (χ0n) is 11.4. The molecule has 18 heavy (non-hydrogen) atoms. The molecule has 0 bridgehead atoms. The van der Waals surface area contributed by atoms with E-state index < -0.39 is 12.0 Å². The van der Waals surface area contributed by atoms with Crippen molar-refractivity contribution in [3.8, 4) is 0 Å². The van der Waals surface area contributed by atoms with Crippen LogP contribution in [0.3, 0.4) is 0 Å². The van der Waals surface area contributed by atoms with E-state index in [1.54, 1.807) is 18.9 Å². The van der Waals surface area contributed by atoms with Gasteiger partial charge in [-0.1, -0.05) is 0 Å². The maximum absolute atomic E-state index is 11.7. The molecule has 0 aromatic carbocycles. The maximum atomic E-state index is 11.7. The summed E-state index contributed by atoms with van der Waals surface area (Å²) in [7, 11) is 1.80. The topological polar surface area (TPSA) is 64.1 Å². The predicted molar refractivity (Wildman–Crippen MR) is 68.4 cm³/mol. The van der Waals surface area contributed by atoms with E-state index in [2.05, 4.69) is 4.90 Å². The highest BCUT2D eigenvalue weighted by atomic mass is 16.4. The second kappa shape index (κ2) is 6.70. The summed E-state index contributed by atoms with van der Waals surface area (Å²) in [5, 5.41) is 8.93. The van der Waals surface area contributed by atoms with Gasteiger partial charge in [0.1, 0.15) is 6.04 Å². The van der Waals surface area contributed by atoms with E-state index in [9.17, 15) is 9.59 Å². The normalized spacial score (nSPS) is 19.5. The highest BCUT2D eigenvalue weighted by Crippen LogP contribution is 2.06. The minimum Gasteiger partial charge on any atom is -0.480 e. The Hall–Kier alpha value is -1.14. The fourth-order valence-electron chi connectivity index (χ4n) is 1.95. The van der Waals surface area contributed by atoms with Crippen molar-refractivity contribution in [1.29, 1.82) is 0 Å². The van der Waals surface area contributed by atoms with Crippen molar-refractivity contribution in [3.63, 3.8) is 0 Å². The number of hydrogen-bond acceptors (Lipinski definition) is 4. The number of carbonyl (C=O) groups is 2. The zero-order chi connectivity index (χ0) is 13.7. The van der Waals surface area contributed by atoms with Gasteiger partial charge in [0.05, 0.1) is 6.54 Å². The second-order valence-electron chi connectivity index (χ2n) is 4.73. The highest BCUT2D eigenvalue weighted by Gasteiger charge is 2.26. The number of carboxylic acid groups (broad SMARTS) is 1. The van der Waals surface area contributed by atoms with Gasteiger partial charge in [0, 0.05) is 39.8 Å². The standard InChI is InChI=1S/C12H23N3O3/c1-4-13(3)11(16)9-14-5-7-15(8-6-14)10(2)12(17)18/h10H,4-9H2,1-3H3,(H,17,18). The first-order valence-electron chi connectivity index (χ1n) is 6.38. The zero-order valence-corrected chi connectivity index (χ0v) is 11.4. The molecule has 104 valence electrons. The molecule has 0 spiro atoms. The Kier molecular flexibility index (Phi) is 5.55. The molecular formula is C12H23N3O3. The second-order valence-corrected chi connectivity index (χ2v) is 4.73. The highest BCUT2D eigenvalue weighted by molar-refractivity contribution is 5.78. The summed E-state index contributed by atoms with van der Waals surface area (Å²) in [5.41, 5.74) is 0. The molecule has 1 N–H and O–H groups in total. The molecule has 0 radical (unpaired) electrons. The van der Waals surface area contributed by atoms with Crippen LogP contribution >= 0.6 is 0 Å². The number of carbonyl (C=O) groups excluding carboxylic acids is 1. The lowest BCUT2D eigenvalue weighted by Gasteiger charge is -2.36. The van der Waals surface area contributed by atoms with Gasteiger partial charge in [-0.25, -0.2) is 0 Å². The van der Waals surface area contributed by atoms with Crippen LogP contribution in [0.2, 0.25) is 0 Å². The van der Waals surface area contributed by atoms with E-state index in [-0.39, 0.29) is 5.91 Å². The molecule has 0 saturated carbocycles. The van der Waals surface area contributed by atoms with Crippen LogP contribution in [0.4, 0.5) is 0 Å². The molecule has 1 rings (SSSR count). The Morgan fingerprint density at radius 3 is 2.28 bits per heavy atom. The van der Waals surface area contributed by atoms with Gasteiger partial charge in [-0.05, 0) is 13.8 Å². The number of piperazine rings is 1. The van der Waals surface area contributed by atoms with Crippen LogP contribution in [-0.4, -0.2) is 84.0 Å². The first-order chi connectivity index (χ1) is 8.45. The Balaban J connectivity index is 2.36. The average molecular weight is 257 g/mol. The molecule has 1 aliphatic heterocycles. The number of hydrogen-bond donors (Lipinski definition) is 1. The van der Waals surface area contributed by atoms with E-state index in [0.717, 1.165) is 19.6 Å². The van der Waals surface area contributed by atoms with Crippen molar-refractivity contribution in [2.75, 3.05) is 46.3 Å². The van der Waals surface area contributed by atoms with Gasteiger partial charge in [0.2, 0.25) is 5.91 Å². The number of nitrogens with zero attached hydrogens (tertiary/aromatic N) is 3. The van der Waals surface area contributed by atoms with E-state index in [4.69, 9.17) is 5.11 Å². The van der Waals surface area contributed by atoms with E-state index in [0.29, 0.717) is 19.6 Å². The predicted octanol–water partition coefficient (Wildman–Crippen LogP) is -0.445. The third-order valence-corrected chi connectivity index (χ3v) is 3.57. The van der Waals surface area contributed by atoms with Crippen LogP contribution in [0.15, 0.2) is 0 Å². The Labute approximate surface area is 108 Å². The summed E-state index contributed by atoms with van der Waals surface area (Å²) in [4.78, 5) is 28.3. The van der Waals surface area contributed by atoms with Crippen LogP contribution in [0.25, 0.3) is 0 Å². The fourth-order valence-corrected chi connectivity index (χ4v) is 1.95. The molecule has 0 aromatic heterocycles. The quantitative estimate of drug-likeness (QED) is 0.723. The number of amides is 1. The molecule has 6 nitrogen and oxygen atoms in total. The van der Waals surface area contributed by atoms with Crippen LogP contribution < -0.4 is 0 Å². The first-order valence-corrected chi connectivity index (χ1v) is 6.38. The molecule has 1 unspecified atom stereocenters. The van der Waals surface area contributed by atoms with Gasteiger partial charge in [-0.15, -0.1) is 0 Å². The van der Waals surface area contributed by atoms with Crippen LogP contribution in [0, 0.1) is 0 Å². The van der Waals surface area contributed by atoms with Crippen molar-refractivity contribution < 1.29 is 14.7 Å². The maximum Gasteiger partial charge on any atom is 0.320 e. The van der Waals surface area contributed by atoms with Crippen LogP contribution in [-0.2, 0) is 9.59 Å². The molecule has 1 atom stereocenters. The summed E-state index contributed by atoms with van der Waals surface area (Å²) in [5.74, 6) is -0.664. The largest absolute Gasteiger partial charge is 0.480 e. The lowest BCUT2D eigenvalue weighted by atomic mass is 10.2. The third-order valence-electron chi connectivity index (χ3n) is 3.57. The molecular weight excluding hydrogens is 234 g/mol. The SMILES string of the molecule is CCN(C)C(=O)CN1CCN(C(C)C(=O)O)CC1. The third kappa shape index (κ3) is 3.96.